The fraction of sp³-hybridized carbons (Fsp3) is 0.333. The monoisotopic (exact) mass is 252 g/mol. The topological polar surface area (TPSA) is 105 Å². The SMILES string of the molecule is NC(=O)OCCC(N)C(=O)OCc1ccccc1. The maximum absolute atomic E-state index is 11.5. The van der Waals surface area contributed by atoms with Gasteiger partial charge in [0, 0.05) is 6.42 Å². The van der Waals surface area contributed by atoms with Crippen molar-refractivity contribution >= 4 is 12.1 Å². The highest BCUT2D eigenvalue weighted by molar-refractivity contribution is 5.75. The van der Waals surface area contributed by atoms with E-state index in [1.807, 2.05) is 30.3 Å². The maximum atomic E-state index is 11.5. The molecule has 0 aliphatic rings. The number of benzene rings is 1. The Bertz CT molecular complexity index is 394. The highest BCUT2D eigenvalue weighted by Gasteiger charge is 2.15. The second-order valence-electron chi connectivity index (χ2n) is 3.66. The van der Waals surface area contributed by atoms with E-state index in [0.717, 1.165) is 5.56 Å². The van der Waals surface area contributed by atoms with Crippen LogP contribution in [-0.2, 0) is 20.9 Å². The lowest BCUT2D eigenvalue weighted by atomic mass is 10.2. The Morgan fingerprint density at radius 2 is 1.83 bits per heavy atom. The summed E-state index contributed by atoms with van der Waals surface area (Å²) in [6.45, 7) is 0.168. The van der Waals surface area contributed by atoms with Crippen LogP contribution in [0, 0.1) is 0 Å². The molecule has 0 fully saturated rings. The van der Waals surface area contributed by atoms with E-state index < -0.39 is 18.1 Å². The zero-order valence-corrected chi connectivity index (χ0v) is 9.87. The summed E-state index contributed by atoms with van der Waals surface area (Å²) in [6, 6.07) is 8.43. The Morgan fingerprint density at radius 3 is 2.44 bits per heavy atom. The molecule has 0 saturated heterocycles. The molecule has 4 N–H and O–H groups in total. The van der Waals surface area contributed by atoms with E-state index in [0.29, 0.717) is 0 Å². The van der Waals surface area contributed by atoms with Crippen molar-refractivity contribution in [2.75, 3.05) is 6.61 Å². The zero-order chi connectivity index (χ0) is 13.4. The van der Waals surface area contributed by atoms with Crippen LogP contribution in [0.1, 0.15) is 12.0 Å². The summed E-state index contributed by atoms with van der Waals surface area (Å²) in [4.78, 5) is 21.8. The van der Waals surface area contributed by atoms with Crippen LogP contribution in [0.2, 0.25) is 0 Å². The van der Waals surface area contributed by atoms with Gasteiger partial charge in [0.25, 0.3) is 0 Å². The number of amides is 1. The highest BCUT2D eigenvalue weighted by Crippen LogP contribution is 2.02. The number of hydrogen-bond acceptors (Lipinski definition) is 5. The third kappa shape index (κ3) is 5.31. The molecule has 1 aromatic rings. The predicted molar refractivity (Wildman–Crippen MR) is 64.4 cm³/mol. The van der Waals surface area contributed by atoms with E-state index in [4.69, 9.17) is 16.2 Å². The minimum Gasteiger partial charge on any atom is -0.460 e. The molecule has 6 nitrogen and oxygen atoms in total. The number of esters is 1. The van der Waals surface area contributed by atoms with Gasteiger partial charge < -0.3 is 20.9 Å². The molecule has 1 aromatic carbocycles. The van der Waals surface area contributed by atoms with Crippen LogP contribution >= 0.6 is 0 Å². The number of carbonyl (C=O) groups excluding carboxylic acids is 2. The molecule has 1 atom stereocenters. The molecule has 1 rings (SSSR count). The lowest BCUT2D eigenvalue weighted by molar-refractivity contribution is -0.146. The van der Waals surface area contributed by atoms with Gasteiger partial charge in [0.15, 0.2) is 0 Å². The molecule has 0 aromatic heterocycles. The van der Waals surface area contributed by atoms with Gasteiger partial charge >= 0.3 is 12.1 Å². The predicted octanol–water partition coefficient (Wildman–Crippen LogP) is 0.543. The third-order valence-corrected chi connectivity index (χ3v) is 2.20. The first kappa shape index (κ1) is 14.0. The molecule has 0 aliphatic heterocycles. The first-order chi connectivity index (χ1) is 8.59. The fourth-order valence-corrected chi connectivity index (χ4v) is 1.24. The number of nitrogens with two attached hydrogens (primary N) is 2. The standard InChI is InChI=1S/C12H16N2O4/c13-10(6-7-17-12(14)16)11(15)18-8-9-4-2-1-3-5-9/h1-5,10H,6-8,13H2,(H2,14,16). The summed E-state index contributed by atoms with van der Waals surface area (Å²) in [5.41, 5.74) is 11.2. The normalized spacial score (nSPS) is 11.6. The van der Waals surface area contributed by atoms with E-state index in [-0.39, 0.29) is 19.6 Å². The number of hydrogen-bond donors (Lipinski definition) is 2. The van der Waals surface area contributed by atoms with E-state index in [1.54, 1.807) is 0 Å². The minimum atomic E-state index is -0.889. The molecule has 0 saturated carbocycles. The average Bonchev–Trinajstić information content (AvgIpc) is 2.36. The van der Waals surface area contributed by atoms with Crippen molar-refractivity contribution in [1.29, 1.82) is 0 Å². The molecular formula is C12H16N2O4. The highest BCUT2D eigenvalue weighted by atomic mass is 16.5. The van der Waals surface area contributed by atoms with Crippen LogP contribution in [0.5, 0.6) is 0 Å². The molecule has 1 amide bonds. The van der Waals surface area contributed by atoms with Crippen LogP contribution in [0.25, 0.3) is 0 Å². The van der Waals surface area contributed by atoms with Gasteiger partial charge in [-0.3, -0.25) is 4.79 Å². The smallest absolute Gasteiger partial charge is 0.404 e. The molecule has 98 valence electrons. The van der Waals surface area contributed by atoms with Crippen LogP contribution in [0.3, 0.4) is 0 Å². The summed E-state index contributed by atoms with van der Waals surface area (Å²) in [6.07, 6.45) is -0.712. The van der Waals surface area contributed by atoms with Crippen LogP contribution in [0.15, 0.2) is 30.3 Å². The summed E-state index contributed by atoms with van der Waals surface area (Å²) in [5, 5.41) is 0. The van der Waals surface area contributed by atoms with Crippen LogP contribution in [-0.4, -0.2) is 24.7 Å². The lowest BCUT2D eigenvalue weighted by Gasteiger charge is -2.11. The first-order valence-electron chi connectivity index (χ1n) is 5.48. The minimum absolute atomic E-state index is 0.00304. The van der Waals surface area contributed by atoms with Gasteiger partial charge in [-0.05, 0) is 5.56 Å². The molecule has 0 radical (unpaired) electrons. The lowest BCUT2D eigenvalue weighted by Crippen LogP contribution is -2.34. The molecule has 6 heteroatoms. The van der Waals surface area contributed by atoms with Crippen molar-refractivity contribution in [3.8, 4) is 0 Å². The second kappa shape index (κ2) is 7.29. The van der Waals surface area contributed by atoms with Gasteiger partial charge in [-0.25, -0.2) is 4.79 Å². The van der Waals surface area contributed by atoms with Crippen molar-refractivity contribution in [3.05, 3.63) is 35.9 Å². The Morgan fingerprint density at radius 1 is 1.17 bits per heavy atom. The zero-order valence-electron chi connectivity index (χ0n) is 9.87. The van der Waals surface area contributed by atoms with E-state index in [1.165, 1.54) is 0 Å². The Balaban J connectivity index is 2.25. The van der Waals surface area contributed by atoms with Crippen molar-refractivity contribution in [2.45, 2.75) is 19.1 Å². The summed E-state index contributed by atoms with van der Waals surface area (Å²) >= 11 is 0. The Kier molecular flexibility index (Phi) is 5.66. The van der Waals surface area contributed by atoms with E-state index in [2.05, 4.69) is 4.74 Å². The van der Waals surface area contributed by atoms with Gasteiger partial charge in [0.1, 0.15) is 12.6 Å². The Labute approximate surface area is 105 Å². The number of primary amides is 1. The molecule has 18 heavy (non-hydrogen) atoms. The van der Waals surface area contributed by atoms with Crippen molar-refractivity contribution in [2.24, 2.45) is 11.5 Å². The summed E-state index contributed by atoms with van der Waals surface area (Å²) in [7, 11) is 0. The summed E-state index contributed by atoms with van der Waals surface area (Å²) in [5.74, 6) is -0.535. The molecular weight excluding hydrogens is 236 g/mol. The van der Waals surface area contributed by atoms with Crippen molar-refractivity contribution in [1.82, 2.24) is 0 Å². The van der Waals surface area contributed by atoms with Gasteiger partial charge in [-0.1, -0.05) is 30.3 Å². The van der Waals surface area contributed by atoms with Gasteiger partial charge in [0.05, 0.1) is 6.61 Å². The van der Waals surface area contributed by atoms with E-state index >= 15 is 0 Å². The Hall–Kier alpha value is -2.08. The van der Waals surface area contributed by atoms with Crippen molar-refractivity contribution in [3.63, 3.8) is 0 Å². The quantitative estimate of drug-likeness (QED) is 0.719. The van der Waals surface area contributed by atoms with Gasteiger partial charge in [-0.15, -0.1) is 0 Å². The molecule has 1 unspecified atom stereocenters. The van der Waals surface area contributed by atoms with Crippen LogP contribution < -0.4 is 11.5 Å². The van der Waals surface area contributed by atoms with Gasteiger partial charge in [-0.2, -0.15) is 0 Å². The van der Waals surface area contributed by atoms with E-state index in [9.17, 15) is 9.59 Å². The largest absolute Gasteiger partial charge is 0.460 e. The third-order valence-electron chi connectivity index (χ3n) is 2.20. The fourth-order valence-electron chi connectivity index (χ4n) is 1.24. The van der Waals surface area contributed by atoms with Gasteiger partial charge in [0.2, 0.25) is 0 Å². The molecule has 0 heterocycles. The maximum Gasteiger partial charge on any atom is 0.404 e. The first-order valence-corrected chi connectivity index (χ1v) is 5.48. The number of carbonyl (C=O) groups is 2. The van der Waals surface area contributed by atoms with Crippen LogP contribution in [0.4, 0.5) is 4.79 Å². The molecule has 0 bridgehead atoms. The molecule has 0 aliphatic carbocycles. The second-order valence-corrected chi connectivity index (χ2v) is 3.66. The summed E-state index contributed by atoms with van der Waals surface area (Å²) < 4.78 is 9.49. The average molecular weight is 252 g/mol. The number of rotatable bonds is 6. The van der Waals surface area contributed by atoms with Crippen molar-refractivity contribution < 1.29 is 19.1 Å². The molecule has 0 spiro atoms. The number of ether oxygens (including phenoxy) is 2.